The zero-order valence-corrected chi connectivity index (χ0v) is 9.53. The second-order valence-electron chi connectivity index (χ2n) is 3.35. The van der Waals surface area contributed by atoms with Gasteiger partial charge in [-0.1, -0.05) is 12.0 Å². The molecule has 0 aliphatic heterocycles. The molecule has 0 saturated heterocycles. The maximum Gasteiger partial charge on any atom is 0.306 e. The van der Waals surface area contributed by atoms with Gasteiger partial charge < -0.3 is 10.1 Å². The Morgan fingerprint density at radius 3 is 2.82 bits per heavy atom. The SMILES string of the molecule is C#Cc1cccc(NC(=O)CCC(=O)OC)c1. The van der Waals surface area contributed by atoms with Crippen LogP contribution in [0.2, 0.25) is 0 Å². The minimum absolute atomic E-state index is 0.0666. The molecule has 1 rings (SSSR count). The predicted octanol–water partition coefficient (Wildman–Crippen LogP) is 1.56. The molecule has 0 fully saturated rings. The number of carbonyl (C=O) groups excluding carboxylic acids is 2. The Balaban J connectivity index is 2.51. The van der Waals surface area contributed by atoms with E-state index < -0.39 is 5.97 Å². The summed E-state index contributed by atoms with van der Waals surface area (Å²) in [5.41, 5.74) is 1.31. The quantitative estimate of drug-likeness (QED) is 0.632. The molecule has 0 radical (unpaired) electrons. The Kier molecular flexibility index (Phi) is 4.77. The fourth-order valence-corrected chi connectivity index (χ4v) is 1.23. The smallest absolute Gasteiger partial charge is 0.306 e. The average molecular weight is 231 g/mol. The van der Waals surface area contributed by atoms with E-state index in [4.69, 9.17) is 6.42 Å². The molecule has 0 atom stereocenters. The van der Waals surface area contributed by atoms with E-state index in [9.17, 15) is 9.59 Å². The lowest BCUT2D eigenvalue weighted by molar-refractivity contribution is -0.141. The molecule has 0 aliphatic rings. The Morgan fingerprint density at radius 1 is 1.41 bits per heavy atom. The van der Waals surface area contributed by atoms with E-state index in [1.807, 2.05) is 0 Å². The number of nitrogens with one attached hydrogen (secondary N) is 1. The molecule has 88 valence electrons. The van der Waals surface area contributed by atoms with Crippen LogP contribution in [-0.2, 0) is 14.3 Å². The molecule has 1 aromatic carbocycles. The Morgan fingerprint density at radius 2 is 2.18 bits per heavy atom. The normalized spacial score (nSPS) is 9.18. The molecule has 1 N–H and O–H groups in total. The summed E-state index contributed by atoms with van der Waals surface area (Å²) in [4.78, 5) is 22.3. The molecule has 0 aliphatic carbocycles. The van der Waals surface area contributed by atoms with E-state index >= 15 is 0 Å². The van der Waals surface area contributed by atoms with Gasteiger partial charge >= 0.3 is 5.97 Å². The van der Waals surface area contributed by atoms with Crippen molar-refractivity contribution in [3.05, 3.63) is 29.8 Å². The summed E-state index contributed by atoms with van der Waals surface area (Å²) in [7, 11) is 1.29. The van der Waals surface area contributed by atoms with Crippen LogP contribution < -0.4 is 5.32 Å². The Labute approximate surface area is 100.0 Å². The summed E-state index contributed by atoms with van der Waals surface area (Å²) in [6, 6.07) is 6.95. The third-order valence-corrected chi connectivity index (χ3v) is 2.10. The molecule has 4 heteroatoms. The van der Waals surface area contributed by atoms with Crippen molar-refractivity contribution in [2.24, 2.45) is 0 Å². The zero-order chi connectivity index (χ0) is 12.7. The van der Waals surface area contributed by atoms with E-state index in [0.29, 0.717) is 11.3 Å². The number of rotatable bonds is 4. The van der Waals surface area contributed by atoms with E-state index in [2.05, 4.69) is 16.0 Å². The summed E-state index contributed by atoms with van der Waals surface area (Å²) in [5, 5.41) is 2.65. The Bertz CT molecular complexity index is 460. The van der Waals surface area contributed by atoms with E-state index in [-0.39, 0.29) is 18.7 Å². The van der Waals surface area contributed by atoms with E-state index in [1.165, 1.54) is 7.11 Å². The summed E-state index contributed by atoms with van der Waals surface area (Å²) < 4.78 is 4.44. The van der Waals surface area contributed by atoms with Gasteiger partial charge in [-0.3, -0.25) is 9.59 Å². The standard InChI is InChI=1S/C13H13NO3/c1-3-10-5-4-6-11(9-10)14-12(15)7-8-13(16)17-2/h1,4-6,9H,7-8H2,2H3,(H,14,15). The number of benzene rings is 1. The number of ether oxygens (including phenoxy) is 1. The van der Waals surface area contributed by atoms with Crippen LogP contribution in [0.15, 0.2) is 24.3 Å². The first-order chi connectivity index (χ1) is 8.15. The van der Waals surface area contributed by atoms with Crippen molar-refractivity contribution in [1.29, 1.82) is 0 Å². The van der Waals surface area contributed by atoms with Crippen LogP contribution in [0.1, 0.15) is 18.4 Å². The molecule has 0 unspecified atom stereocenters. The zero-order valence-electron chi connectivity index (χ0n) is 9.53. The number of hydrogen-bond donors (Lipinski definition) is 1. The van der Waals surface area contributed by atoms with Gasteiger partial charge in [0.05, 0.1) is 13.5 Å². The van der Waals surface area contributed by atoms with Crippen LogP contribution in [0, 0.1) is 12.3 Å². The van der Waals surface area contributed by atoms with Crippen LogP contribution in [-0.4, -0.2) is 19.0 Å². The topological polar surface area (TPSA) is 55.4 Å². The summed E-state index contributed by atoms with van der Waals surface area (Å²) >= 11 is 0. The van der Waals surface area contributed by atoms with Crippen LogP contribution in [0.3, 0.4) is 0 Å². The van der Waals surface area contributed by atoms with Gasteiger partial charge in [-0.2, -0.15) is 0 Å². The van der Waals surface area contributed by atoms with Gasteiger partial charge in [0.25, 0.3) is 0 Å². The number of anilines is 1. The lowest BCUT2D eigenvalue weighted by Gasteiger charge is -2.04. The number of amides is 1. The third kappa shape index (κ3) is 4.39. The van der Waals surface area contributed by atoms with Crippen LogP contribution in [0.5, 0.6) is 0 Å². The monoisotopic (exact) mass is 231 g/mol. The molecule has 0 heterocycles. The van der Waals surface area contributed by atoms with Gasteiger partial charge in [0.1, 0.15) is 0 Å². The molecule has 0 aromatic heterocycles. The number of methoxy groups -OCH3 is 1. The van der Waals surface area contributed by atoms with Crippen molar-refractivity contribution in [3.63, 3.8) is 0 Å². The molecule has 1 aromatic rings. The number of carbonyl (C=O) groups is 2. The highest BCUT2D eigenvalue weighted by Gasteiger charge is 2.06. The van der Waals surface area contributed by atoms with Crippen molar-refractivity contribution in [2.45, 2.75) is 12.8 Å². The van der Waals surface area contributed by atoms with Crippen LogP contribution >= 0.6 is 0 Å². The average Bonchev–Trinajstić information content (AvgIpc) is 2.36. The highest BCUT2D eigenvalue weighted by atomic mass is 16.5. The van der Waals surface area contributed by atoms with Gasteiger partial charge in [-0.25, -0.2) is 0 Å². The molecule has 4 nitrogen and oxygen atoms in total. The first-order valence-electron chi connectivity index (χ1n) is 5.09. The van der Waals surface area contributed by atoms with Gasteiger partial charge in [0, 0.05) is 17.7 Å². The Hall–Kier alpha value is -2.28. The van der Waals surface area contributed by atoms with Gasteiger partial charge in [-0.05, 0) is 18.2 Å². The molecule has 17 heavy (non-hydrogen) atoms. The highest BCUT2D eigenvalue weighted by molar-refractivity contribution is 5.92. The summed E-state index contributed by atoms with van der Waals surface area (Å²) in [5.74, 6) is 1.82. The van der Waals surface area contributed by atoms with Crippen molar-refractivity contribution >= 4 is 17.6 Å². The lowest BCUT2D eigenvalue weighted by Crippen LogP contribution is -2.13. The maximum atomic E-state index is 11.5. The predicted molar refractivity (Wildman–Crippen MR) is 64.3 cm³/mol. The van der Waals surface area contributed by atoms with Crippen molar-refractivity contribution in [3.8, 4) is 12.3 Å². The second-order valence-corrected chi connectivity index (χ2v) is 3.35. The number of hydrogen-bond acceptors (Lipinski definition) is 3. The molecule has 0 saturated carbocycles. The minimum Gasteiger partial charge on any atom is -0.469 e. The van der Waals surface area contributed by atoms with E-state index in [0.717, 1.165) is 0 Å². The largest absolute Gasteiger partial charge is 0.469 e. The van der Waals surface area contributed by atoms with Gasteiger partial charge in [-0.15, -0.1) is 6.42 Å². The fraction of sp³-hybridized carbons (Fsp3) is 0.231. The number of terminal acetylenes is 1. The van der Waals surface area contributed by atoms with Crippen molar-refractivity contribution < 1.29 is 14.3 Å². The summed E-state index contributed by atoms with van der Waals surface area (Å²) in [6.07, 6.45) is 5.40. The van der Waals surface area contributed by atoms with Gasteiger partial charge in [0.2, 0.25) is 5.91 Å². The molecule has 0 bridgehead atoms. The fourth-order valence-electron chi connectivity index (χ4n) is 1.23. The maximum absolute atomic E-state index is 11.5. The molecule has 0 spiro atoms. The van der Waals surface area contributed by atoms with E-state index in [1.54, 1.807) is 24.3 Å². The second kappa shape index (κ2) is 6.33. The lowest BCUT2D eigenvalue weighted by atomic mass is 10.2. The number of esters is 1. The van der Waals surface area contributed by atoms with Crippen molar-refractivity contribution in [2.75, 3.05) is 12.4 Å². The van der Waals surface area contributed by atoms with Gasteiger partial charge in [0.15, 0.2) is 0 Å². The van der Waals surface area contributed by atoms with Crippen LogP contribution in [0.4, 0.5) is 5.69 Å². The minimum atomic E-state index is -0.405. The van der Waals surface area contributed by atoms with Crippen LogP contribution in [0.25, 0.3) is 0 Å². The highest BCUT2D eigenvalue weighted by Crippen LogP contribution is 2.10. The first kappa shape index (κ1) is 12.8. The molecular formula is C13H13NO3. The first-order valence-corrected chi connectivity index (χ1v) is 5.09. The third-order valence-electron chi connectivity index (χ3n) is 2.10. The molecule has 1 amide bonds. The molecular weight excluding hydrogens is 218 g/mol. The van der Waals surface area contributed by atoms with Crippen molar-refractivity contribution in [1.82, 2.24) is 0 Å². The summed E-state index contributed by atoms with van der Waals surface area (Å²) in [6.45, 7) is 0.